The Balaban J connectivity index is 1.79. The van der Waals surface area contributed by atoms with E-state index in [1.54, 1.807) is 6.21 Å². The third-order valence-corrected chi connectivity index (χ3v) is 4.81. The van der Waals surface area contributed by atoms with E-state index < -0.39 is 0 Å². The van der Waals surface area contributed by atoms with E-state index in [-0.39, 0.29) is 5.91 Å². The highest BCUT2D eigenvalue weighted by atomic mass is 16.5. The number of ether oxygens (including phenoxy) is 1. The van der Waals surface area contributed by atoms with Gasteiger partial charge in [0.25, 0.3) is 5.91 Å². The van der Waals surface area contributed by atoms with Crippen LogP contribution < -0.4 is 10.2 Å². The van der Waals surface area contributed by atoms with Crippen LogP contribution in [0.2, 0.25) is 0 Å². The van der Waals surface area contributed by atoms with E-state index >= 15 is 0 Å². The van der Waals surface area contributed by atoms with Gasteiger partial charge in [-0.15, -0.1) is 0 Å². The molecule has 1 N–H and O–H groups in total. The maximum absolute atomic E-state index is 12.1. The van der Waals surface area contributed by atoms with E-state index in [0.717, 1.165) is 40.7 Å². The SMILES string of the molecule is CCN(CC)CC(=O)N/N=C/c1c(OCc2ccccc2)ccc2ccccc12. The first-order chi connectivity index (χ1) is 14.2. The number of amides is 1. The molecule has 3 rings (SSSR count). The largest absolute Gasteiger partial charge is 0.488 e. The van der Waals surface area contributed by atoms with Crippen molar-refractivity contribution in [2.75, 3.05) is 19.6 Å². The molecule has 0 aliphatic rings. The Kier molecular flexibility index (Phi) is 7.36. The van der Waals surface area contributed by atoms with Crippen molar-refractivity contribution in [2.45, 2.75) is 20.5 Å². The summed E-state index contributed by atoms with van der Waals surface area (Å²) in [4.78, 5) is 14.2. The summed E-state index contributed by atoms with van der Waals surface area (Å²) in [5.41, 5.74) is 4.57. The quantitative estimate of drug-likeness (QED) is 0.441. The lowest BCUT2D eigenvalue weighted by molar-refractivity contribution is -0.122. The van der Waals surface area contributed by atoms with Crippen LogP contribution >= 0.6 is 0 Å². The number of fused-ring (bicyclic) bond motifs is 1. The Morgan fingerprint density at radius 2 is 1.72 bits per heavy atom. The molecule has 0 radical (unpaired) electrons. The van der Waals surface area contributed by atoms with E-state index in [2.05, 4.69) is 10.5 Å². The van der Waals surface area contributed by atoms with Gasteiger partial charge in [0.05, 0.1) is 12.8 Å². The van der Waals surface area contributed by atoms with Gasteiger partial charge in [-0.05, 0) is 35.5 Å². The molecule has 0 bridgehead atoms. The van der Waals surface area contributed by atoms with Crippen molar-refractivity contribution in [3.8, 4) is 5.75 Å². The van der Waals surface area contributed by atoms with Crippen LogP contribution in [0.4, 0.5) is 0 Å². The van der Waals surface area contributed by atoms with Gasteiger partial charge in [-0.3, -0.25) is 9.69 Å². The topological polar surface area (TPSA) is 53.9 Å². The molecular weight excluding hydrogens is 362 g/mol. The predicted molar refractivity (Wildman–Crippen MR) is 118 cm³/mol. The first kappa shape index (κ1) is 20.6. The predicted octanol–water partition coefficient (Wildman–Crippen LogP) is 4.21. The first-order valence-electron chi connectivity index (χ1n) is 9.94. The highest BCUT2D eigenvalue weighted by Gasteiger charge is 2.09. The van der Waals surface area contributed by atoms with Crippen molar-refractivity contribution in [3.05, 3.63) is 77.9 Å². The molecule has 5 nitrogen and oxygen atoms in total. The fourth-order valence-corrected chi connectivity index (χ4v) is 3.12. The Labute approximate surface area is 172 Å². The third-order valence-electron chi connectivity index (χ3n) is 4.81. The molecule has 3 aromatic rings. The second-order valence-corrected chi connectivity index (χ2v) is 6.73. The van der Waals surface area contributed by atoms with Gasteiger partial charge in [0, 0.05) is 5.56 Å². The van der Waals surface area contributed by atoms with E-state index in [0.29, 0.717) is 13.2 Å². The number of carbonyl (C=O) groups excluding carboxylic acids is 1. The number of nitrogens with zero attached hydrogens (tertiary/aromatic N) is 2. The van der Waals surface area contributed by atoms with Crippen LogP contribution in [-0.2, 0) is 11.4 Å². The number of benzene rings is 3. The van der Waals surface area contributed by atoms with Crippen molar-refractivity contribution in [1.82, 2.24) is 10.3 Å². The average molecular weight is 389 g/mol. The molecule has 0 aromatic heterocycles. The molecule has 150 valence electrons. The van der Waals surface area contributed by atoms with Crippen LogP contribution in [0, 0.1) is 0 Å². The van der Waals surface area contributed by atoms with Crippen LogP contribution in [0.5, 0.6) is 5.75 Å². The summed E-state index contributed by atoms with van der Waals surface area (Å²) < 4.78 is 6.08. The molecule has 0 aliphatic carbocycles. The van der Waals surface area contributed by atoms with Gasteiger partial charge < -0.3 is 4.74 Å². The van der Waals surface area contributed by atoms with Crippen molar-refractivity contribution >= 4 is 22.9 Å². The Hall–Kier alpha value is -3.18. The van der Waals surface area contributed by atoms with Crippen molar-refractivity contribution in [2.24, 2.45) is 5.10 Å². The molecule has 0 saturated carbocycles. The molecule has 1 amide bonds. The lowest BCUT2D eigenvalue weighted by Gasteiger charge is -2.16. The van der Waals surface area contributed by atoms with Gasteiger partial charge in [0.2, 0.25) is 0 Å². The maximum atomic E-state index is 12.1. The monoisotopic (exact) mass is 389 g/mol. The van der Waals surface area contributed by atoms with E-state index in [1.165, 1.54) is 0 Å². The molecule has 0 saturated heterocycles. The van der Waals surface area contributed by atoms with Crippen LogP contribution in [0.3, 0.4) is 0 Å². The number of hydrazone groups is 1. The zero-order valence-electron chi connectivity index (χ0n) is 17.0. The number of hydrogen-bond acceptors (Lipinski definition) is 4. The van der Waals surface area contributed by atoms with E-state index in [1.807, 2.05) is 85.5 Å². The Morgan fingerprint density at radius 3 is 2.48 bits per heavy atom. The lowest BCUT2D eigenvalue weighted by atomic mass is 10.0. The van der Waals surface area contributed by atoms with Crippen LogP contribution in [0.25, 0.3) is 10.8 Å². The van der Waals surface area contributed by atoms with Gasteiger partial charge in [-0.2, -0.15) is 5.10 Å². The third kappa shape index (κ3) is 5.65. The summed E-state index contributed by atoms with van der Waals surface area (Å²) in [6, 6.07) is 22.1. The fraction of sp³-hybridized carbons (Fsp3) is 0.250. The number of carbonyl (C=O) groups is 1. The minimum Gasteiger partial charge on any atom is -0.488 e. The van der Waals surface area contributed by atoms with E-state index in [4.69, 9.17) is 4.74 Å². The number of hydrogen-bond donors (Lipinski definition) is 1. The van der Waals surface area contributed by atoms with Crippen molar-refractivity contribution in [3.63, 3.8) is 0 Å². The van der Waals surface area contributed by atoms with Crippen LogP contribution in [-0.4, -0.2) is 36.7 Å². The second-order valence-electron chi connectivity index (χ2n) is 6.73. The molecule has 5 heteroatoms. The molecule has 0 unspecified atom stereocenters. The number of likely N-dealkylation sites (N-methyl/N-ethyl adjacent to an activating group) is 1. The van der Waals surface area contributed by atoms with E-state index in [9.17, 15) is 4.79 Å². The van der Waals surface area contributed by atoms with Gasteiger partial charge in [0.15, 0.2) is 0 Å². The molecule has 0 fully saturated rings. The molecular formula is C24H27N3O2. The number of rotatable bonds is 9. The number of nitrogens with one attached hydrogen (secondary N) is 1. The van der Waals surface area contributed by atoms with Gasteiger partial charge in [0.1, 0.15) is 12.4 Å². The van der Waals surface area contributed by atoms with Gasteiger partial charge in [-0.1, -0.05) is 74.5 Å². The maximum Gasteiger partial charge on any atom is 0.254 e. The van der Waals surface area contributed by atoms with Crippen LogP contribution in [0.15, 0.2) is 71.8 Å². The molecule has 29 heavy (non-hydrogen) atoms. The molecule has 3 aromatic carbocycles. The summed E-state index contributed by atoms with van der Waals surface area (Å²) in [7, 11) is 0. The Bertz CT molecular complexity index is 966. The highest BCUT2D eigenvalue weighted by molar-refractivity contribution is 6.02. The normalized spacial score (nSPS) is 11.3. The Morgan fingerprint density at radius 1 is 1.00 bits per heavy atom. The lowest BCUT2D eigenvalue weighted by Crippen LogP contribution is -2.35. The summed E-state index contributed by atoms with van der Waals surface area (Å²) in [6.07, 6.45) is 1.67. The minimum absolute atomic E-state index is 0.128. The summed E-state index contributed by atoms with van der Waals surface area (Å²) >= 11 is 0. The van der Waals surface area contributed by atoms with Crippen molar-refractivity contribution in [1.29, 1.82) is 0 Å². The summed E-state index contributed by atoms with van der Waals surface area (Å²) in [5.74, 6) is 0.603. The van der Waals surface area contributed by atoms with Gasteiger partial charge >= 0.3 is 0 Å². The fourth-order valence-electron chi connectivity index (χ4n) is 3.12. The standard InChI is InChI=1S/C24H27N3O2/c1-3-27(4-2)17-24(28)26-25-16-22-21-13-9-8-12-20(21)14-15-23(22)29-18-19-10-6-5-7-11-19/h5-16H,3-4,17-18H2,1-2H3,(H,26,28)/b25-16+. The van der Waals surface area contributed by atoms with Crippen molar-refractivity contribution < 1.29 is 9.53 Å². The zero-order chi connectivity index (χ0) is 20.5. The zero-order valence-corrected chi connectivity index (χ0v) is 17.0. The average Bonchev–Trinajstić information content (AvgIpc) is 2.77. The molecule has 0 atom stereocenters. The van der Waals surface area contributed by atoms with Gasteiger partial charge in [-0.25, -0.2) is 5.43 Å². The summed E-state index contributed by atoms with van der Waals surface area (Å²) in [5, 5.41) is 6.32. The molecule has 0 spiro atoms. The highest BCUT2D eigenvalue weighted by Crippen LogP contribution is 2.27. The molecule has 0 heterocycles. The first-order valence-corrected chi connectivity index (χ1v) is 9.94. The second kappa shape index (κ2) is 10.4. The smallest absolute Gasteiger partial charge is 0.254 e. The summed E-state index contributed by atoms with van der Waals surface area (Å²) in [6.45, 7) is 6.52. The molecule has 0 aliphatic heterocycles. The van der Waals surface area contributed by atoms with Crippen LogP contribution in [0.1, 0.15) is 25.0 Å². The minimum atomic E-state index is -0.128.